The smallest absolute Gasteiger partial charge is 0.271 e. The van der Waals surface area contributed by atoms with Gasteiger partial charge in [0.2, 0.25) is 5.91 Å². The molecule has 2 rings (SSSR count). The van der Waals surface area contributed by atoms with Gasteiger partial charge in [0, 0.05) is 20.1 Å². The van der Waals surface area contributed by atoms with Crippen molar-refractivity contribution in [2.45, 2.75) is 6.42 Å². The first-order chi connectivity index (χ1) is 8.09. The summed E-state index contributed by atoms with van der Waals surface area (Å²) in [5.41, 5.74) is -0.387. The molecule has 0 radical (unpaired) electrons. The van der Waals surface area contributed by atoms with Gasteiger partial charge in [-0.3, -0.25) is 9.59 Å². The maximum atomic E-state index is 11.7. The van der Waals surface area contributed by atoms with E-state index in [1.807, 2.05) is 0 Å². The molecule has 0 bridgehead atoms. The van der Waals surface area contributed by atoms with E-state index in [0.717, 1.165) is 6.42 Å². The fraction of sp³-hybridized carbons (Fsp3) is 0.500. The number of H-pyrrole nitrogens is 1. The molecule has 1 aliphatic heterocycles. The van der Waals surface area contributed by atoms with Crippen LogP contribution in [-0.4, -0.2) is 47.5 Å². The van der Waals surface area contributed by atoms with Gasteiger partial charge in [0.25, 0.3) is 5.56 Å². The summed E-state index contributed by atoms with van der Waals surface area (Å²) in [6.07, 6.45) is 2.12. The topological polar surface area (TPSA) is 69.3 Å². The Kier molecular flexibility index (Phi) is 3.33. The Morgan fingerprint density at radius 1 is 1.41 bits per heavy atom. The summed E-state index contributed by atoms with van der Waals surface area (Å²) >= 11 is 5.89. The van der Waals surface area contributed by atoms with Crippen LogP contribution in [0.4, 0.5) is 5.82 Å². The van der Waals surface area contributed by atoms with Crippen molar-refractivity contribution in [2.24, 2.45) is 0 Å². The Labute approximate surface area is 103 Å². The van der Waals surface area contributed by atoms with E-state index >= 15 is 0 Å². The molecule has 0 unspecified atom stereocenters. The lowest BCUT2D eigenvalue weighted by Gasteiger charge is -2.20. The van der Waals surface area contributed by atoms with Crippen LogP contribution in [0, 0.1) is 0 Å². The number of nitrogens with zero attached hydrogens (tertiary/aromatic N) is 3. The first-order valence-electron chi connectivity index (χ1n) is 5.31. The SMILES string of the molecule is CN1CCCN(c2nc[nH]c(=O)c2Cl)CC1=O. The van der Waals surface area contributed by atoms with Crippen molar-refractivity contribution in [1.29, 1.82) is 0 Å². The predicted molar refractivity (Wildman–Crippen MR) is 64.3 cm³/mol. The molecule has 1 aromatic heterocycles. The van der Waals surface area contributed by atoms with E-state index in [9.17, 15) is 9.59 Å². The number of rotatable bonds is 1. The van der Waals surface area contributed by atoms with Crippen molar-refractivity contribution in [3.05, 3.63) is 21.7 Å². The molecule has 0 atom stereocenters. The molecule has 0 aliphatic carbocycles. The van der Waals surface area contributed by atoms with Crippen LogP contribution in [-0.2, 0) is 4.79 Å². The number of nitrogens with one attached hydrogen (secondary N) is 1. The summed E-state index contributed by atoms with van der Waals surface area (Å²) in [7, 11) is 1.76. The van der Waals surface area contributed by atoms with Gasteiger partial charge in [-0.05, 0) is 6.42 Å². The highest BCUT2D eigenvalue weighted by atomic mass is 35.5. The van der Waals surface area contributed by atoms with Gasteiger partial charge in [0.05, 0.1) is 12.9 Å². The lowest BCUT2D eigenvalue weighted by molar-refractivity contribution is -0.127. The minimum atomic E-state index is -0.387. The van der Waals surface area contributed by atoms with Crippen molar-refractivity contribution in [3.63, 3.8) is 0 Å². The van der Waals surface area contributed by atoms with E-state index in [1.165, 1.54) is 6.33 Å². The molecular weight excluding hydrogens is 244 g/mol. The fourth-order valence-electron chi connectivity index (χ4n) is 1.76. The Bertz CT molecular complexity index is 487. The Morgan fingerprint density at radius 3 is 2.94 bits per heavy atom. The number of hydrogen-bond acceptors (Lipinski definition) is 4. The molecule has 2 heterocycles. The average molecular weight is 257 g/mol. The van der Waals surface area contributed by atoms with E-state index in [-0.39, 0.29) is 23.0 Å². The summed E-state index contributed by atoms with van der Waals surface area (Å²) in [5.74, 6) is 0.375. The summed E-state index contributed by atoms with van der Waals surface area (Å²) < 4.78 is 0. The van der Waals surface area contributed by atoms with E-state index < -0.39 is 0 Å². The number of hydrogen-bond donors (Lipinski definition) is 1. The van der Waals surface area contributed by atoms with Gasteiger partial charge >= 0.3 is 0 Å². The van der Waals surface area contributed by atoms with Crippen molar-refractivity contribution < 1.29 is 4.79 Å². The Balaban J connectivity index is 2.30. The Hall–Kier alpha value is -1.56. The molecule has 1 fully saturated rings. The molecular formula is C10H13ClN4O2. The first-order valence-corrected chi connectivity index (χ1v) is 5.69. The fourth-order valence-corrected chi connectivity index (χ4v) is 1.98. The van der Waals surface area contributed by atoms with Gasteiger partial charge in [-0.1, -0.05) is 11.6 Å². The molecule has 1 saturated heterocycles. The van der Waals surface area contributed by atoms with Crippen LogP contribution in [0.1, 0.15) is 6.42 Å². The van der Waals surface area contributed by atoms with Crippen molar-refractivity contribution >= 4 is 23.3 Å². The minimum absolute atomic E-state index is 0.000600. The summed E-state index contributed by atoms with van der Waals surface area (Å²) in [6.45, 7) is 1.56. The quantitative estimate of drug-likeness (QED) is 0.773. The van der Waals surface area contributed by atoms with Crippen molar-refractivity contribution in [1.82, 2.24) is 14.9 Å². The van der Waals surface area contributed by atoms with Crippen LogP contribution in [0.3, 0.4) is 0 Å². The lowest BCUT2D eigenvalue weighted by Crippen LogP contribution is -2.35. The van der Waals surface area contributed by atoms with Crippen LogP contribution < -0.4 is 10.5 Å². The van der Waals surface area contributed by atoms with E-state index in [1.54, 1.807) is 16.8 Å². The predicted octanol–water partition coefficient (Wildman–Crippen LogP) is 0.0918. The first kappa shape index (κ1) is 11.9. The molecule has 0 aromatic carbocycles. The highest BCUT2D eigenvalue weighted by molar-refractivity contribution is 6.32. The van der Waals surface area contributed by atoms with Crippen LogP contribution in [0.5, 0.6) is 0 Å². The third-order valence-corrected chi connectivity index (χ3v) is 3.09. The zero-order valence-electron chi connectivity index (χ0n) is 9.44. The summed E-state index contributed by atoms with van der Waals surface area (Å²) in [5, 5.41) is 0.0323. The second-order valence-electron chi connectivity index (χ2n) is 3.96. The monoisotopic (exact) mass is 256 g/mol. The standard InChI is InChI=1S/C10H13ClN4O2/c1-14-3-2-4-15(5-7(14)16)9-8(11)10(17)13-6-12-9/h6H,2-5H2,1H3,(H,12,13,17). The number of carbonyl (C=O) groups is 1. The van der Waals surface area contributed by atoms with Gasteiger partial charge in [0.1, 0.15) is 5.02 Å². The van der Waals surface area contributed by atoms with Gasteiger partial charge in [-0.2, -0.15) is 0 Å². The minimum Gasteiger partial charge on any atom is -0.346 e. The molecule has 0 saturated carbocycles. The van der Waals surface area contributed by atoms with Crippen LogP contribution in [0.15, 0.2) is 11.1 Å². The van der Waals surface area contributed by atoms with Crippen molar-refractivity contribution in [2.75, 3.05) is 31.6 Å². The normalized spacial score (nSPS) is 17.2. The molecule has 17 heavy (non-hydrogen) atoms. The third kappa shape index (κ3) is 2.41. The van der Waals surface area contributed by atoms with Crippen LogP contribution in [0.25, 0.3) is 0 Å². The second kappa shape index (κ2) is 4.75. The number of aromatic nitrogens is 2. The zero-order chi connectivity index (χ0) is 12.4. The number of aromatic amines is 1. The average Bonchev–Trinajstić information content (AvgIpc) is 2.46. The van der Waals surface area contributed by atoms with Crippen molar-refractivity contribution in [3.8, 4) is 0 Å². The number of likely N-dealkylation sites (N-methyl/N-ethyl adjacent to an activating group) is 1. The maximum Gasteiger partial charge on any atom is 0.271 e. The van der Waals surface area contributed by atoms with E-state index in [2.05, 4.69) is 9.97 Å². The largest absolute Gasteiger partial charge is 0.346 e. The van der Waals surface area contributed by atoms with E-state index in [0.29, 0.717) is 18.9 Å². The second-order valence-corrected chi connectivity index (χ2v) is 4.34. The summed E-state index contributed by atoms with van der Waals surface area (Å²) in [6, 6.07) is 0. The molecule has 0 spiro atoms. The summed E-state index contributed by atoms with van der Waals surface area (Å²) in [4.78, 5) is 32.9. The van der Waals surface area contributed by atoms with E-state index in [4.69, 9.17) is 11.6 Å². The molecule has 7 heteroatoms. The van der Waals surface area contributed by atoms with Crippen LogP contribution in [0.2, 0.25) is 5.02 Å². The van der Waals surface area contributed by atoms with Crippen LogP contribution >= 0.6 is 11.6 Å². The number of halogens is 1. The highest BCUT2D eigenvalue weighted by Gasteiger charge is 2.22. The number of carbonyl (C=O) groups excluding carboxylic acids is 1. The number of amides is 1. The molecule has 1 amide bonds. The molecule has 1 aromatic rings. The third-order valence-electron chi connectivity index (χ3n) is 2.75. The molecule has 6 nitrogen and oxygen atoms in total. The number of anilines is 1. The molecule has 1 N–H and O–H groups in total. The zero-order valence-corrected chi connectivity index (χ0v) is 10.2. The lowest BCUT2D eigenvalue weighted by atomic mass is 10.4. The van der Waals surface area contributed by atoms with Gasteiger partial charge in [-0.25, -0.2) is 4.98 Å². The molecule has 92 valence electrons. The molecule has 1 aliphatic rings. The maximum absolute atomic E-state index is 11.7. The Morgan fingerprint density at radius 2 is 2.18 bits per heavy atom. The van der Waals surface area contributed by atoms with Gasteiger partial charge in [-0.15, -0.1) is 0 Å². The van der Waals surface area contributed by atoms with Gasteiger partial charge < -0.3 is 14.8 Å². The highest BCUT2D eigenvalue weighted by Crippen LogP contribution is 2.19. The van der Waals surface area contributed by atoms with Gasteiger partial charge in [0.15, 0.2) is 5.82 Å².